The molecular formula is C28H42O5. The Bertz CT molecular complexity index is 798. The minimum absolute atomic E-state index is 0.0190. The van der Waals surface area contributed by atoms with E-state index in [4.69, 9.17) is 4.74 Å². The second-order valence-corrected chi connectivity index (χ2v) is 10.9. The molecule has 0 saturated heterocycles. The van der Waals surface area contributed by atoms with Gasteiger partial charge in [0, 0.05) is 11.3 Å². The Morgan fingerprint density at radius 2 is 2.00 bits per heavy atom. The van der Waals surface area contributed by atoms with Gasteiger partial charge in [-0.3, -0.25) is 9.59 Å². The fraction of sp³-hybridized carbons (Fsp3) is 0.750. The summed E-state index contributed by atoms with van der Waals surface area (Å²) in [6, 6.07) is 0. The predicted molar refractivity (Wildman–Crippen MR) is 129 cm³/mol. The lowest BCUT2D eigenvalue weighted by atomic mass is 9.54. The second-order valence-electron chi connectivity index (χ2n) is 10.9. The van der Waals surface area contributed by atoms with Gasteiger partial charge in [0.1, 0.15) is 12.9 Å². The summed E-state index contributed by atoms with van der Waals surface area (Å²) in [4.78, 5) is 37.7. The van der Waals surface area contributed by atoms with Crippen LogP contribution in [0.2, 0.25) is 0 Å². The molecule has 3 rings (SSSR count). The van der Waals surface area contributed by atoms with Crippen molar-refractivity contribution in [3.8, 4) is 0 Å². The van der Waals surface area contributed by atoms with Gasteiger partial charge in [0.2, 0.25) is 0 Å². The van der Waals surface area contributed by atoms with Crippen molar-refractivity contribution in [2.45, 2.75) is 97.7 Å². The molecule has 3 aliphatic carbocycles. The Labute approximate surface area is 199 Å². The summed E-state index contributed by atoms with van der Waals surface area (Å²) >= 11 is 0. The van der Waals surface area contributed by atoms with Gasteiger partial charge in [0.15, 0.2) is 11.6 Å². The van der Waals surface area contributed by atoms with Crippen LogP contribution in [0.15, 0.2) is 23.8 Å². The summed E-state index contributed by atoms with van der Waals surface area (Å²) in [7, 11) is 0. The first kappa shape index (κ1) is 26.0. The van der Waals surface area contributed by atoms with Crippen molar-refractivity contribution in [2.75, 3.05) is 6.61 Å². The van der Waals surface area contributed by atoms with Gasteiger partial charge in [-0.1, -0.05) is 45.8 Å². The van der Waals surface area contributed by atoms with Gasteiger partial charge in [0.25, 0.3) is 0 Å². The van der Waals surface area contributed by atoms with Crippen LogP contribution >= 0.6 is 0 Å². The molecule has 0 heterocycles. The van der Waals surface area contributed by atoms with Crippen molar-refractivity contribution in [1.82, 2.24) is 0 Å². The number of aliphatic hydroxyl groups excluding tert-OH is 1. The van der Waals surface area contributed by atoms with Crippen LogP contribution in [0.4, 0.5) is 0 Å². The van der Waals surface area contributed by atoms with Gasteiger partial charge in [-0.25, -0.2) is 0 Å². The van der Waals surface area contributed by atoms with Crippen LogP contribution in [0.1, 0.15) is 85.5 Å². The van der Waals surface area contributed by atoms with Gasteiger partial charge in [-0.2, -0.15) is 0 Å². The highest BCUT2D eigenvalue weighted by atomic mass is 16.5. The average molecular weight is 459 g/mol. The van der Waals surface area contributed by atoms with Crippen LogP contribution < -0.4 is 0 Å². The quantitative estimate of drug-likeness (QED) is 0.409. The molecule has 0 spiro atoms. The maximum atomic E-state index is 13.3. The average Bonchev–Trinajstić information content (AvgIpc) is 2.85. The fourth-order valence-electron chi connectivity index (χ4n) is 6.61. The number of allylic oxidation sites excluding steroid dienone is 4. The highest BCUT2D eigenvalue weighted by molar-refractivity contribution is 6.01. The lowest BCUT2D eigenvalue weighted by Gasteiger charge is -2.51. The predicted octanol–water partition coefficient (Wildman–Crippen LogP) is 5.00. The smallest absolute Gasteiger partial charge is 0.178 e. The number of carbonyl (C=O) groups excluding carboxylic acids is 3. The minimum atomic E-state index is -1.09. The molecule has 7 atom stereocenters. The molecule has 2 fully saturated rings. The van der Waals surface area contributed by atoms with Gasteiger partial charge in [0.05, 0.1) is 17.6 Å². The largest absolute Gasteiger partial charge is 0.393 e. The van der Waals surface area contributed by atoms with E-state index in [-0.39, 0.29) is 47.4 Å². The van der Waals surface area contributed by atoms with E-state index in [9.17, 15) is 19.5 Å². The number of hydrogen-bond donors (Lipinski definition) is 1. The van der Waals surface area contributed by atoms with E-state index in [0.717, 1.165) is 50.4 Å². The van der Waals surface area contributed by atoms with Gasteiger partial charge in [-0.15, -0.1) is 0 Å². The number of aliphatic hydroxyl groups is 1. The Morgan fingerprint density at radius 3 is 2.67 bits per heavy atom. The summed E-state index contributed by atoms with van der Waals surface area (Å²) < 4.78 is 5.90. The summed E-state index contributed by atoms with van der Waals surface area (Å²) in [5.74, 6) is 0.392. The molecule has 3 aliphatic rings. The molecule has 5 heteroatoms. The van der Waals surface area contributed by atoms with Crippen molar-refractivity contribution in [3.05, 3.63) is 23.8 Å². The molecule has 0 radical (unpaired) electrons. The number of ketones is 2. The summed E-state index contributed by atoms with van der Waals surface area (Å²) in [5.41, 5.74) is -0.347. The Kier molecular flexibility index (Phi) is 8.50. The number of aldehydes is 1. The van der Waals surface area contributed by atoms with E-state index in [1.807, 2.05) is 6.08 Å². The molecule has 1 N–H and O–H groups in total. The van der Waals surface area contributed by atoms with Gasteiger partial charge in [-0.05, 0) is 75.4 Å². The van der Waals surface area contributed by atoms with E-state index in [1.165, 1.54) is 0 Å². The van der Waals surface area contributed by atoms with E-state index in [0.29, 0.717) is 19.3 Å². The first-order valence-electron chi connectivity index (χ1n) is 12.9. The zero-order valence-corrected chi connectivity index (χ0v) is 20.8. The zero-order valence-electron chi connectivity index (χ0n) is 20.8. The lowest BCUT2D eigenvalue weighted by molar-refractivity contribution is -0.141. The van der Waals surface area contributed by atoms with Gasteiger partial charge < -0.3 is 14.6 Å². The van der Waals surface area contributed by atoms with Gasteiger partial charge >= 0.3 is 0 Å². The molecule has 0 aromatic heterocycles. The zero-order chi connectivity index (χ0) is 24.2. The monoisotopic (exact) mass is 458 g/mol. The summed E-state index contributed by atoms with van der Waals surface area (Å²) in [5, 5.41) is 11.5. The molecule has 33 heavy (non-hydrogen) atoms. The number of carbonyl (C=O) groups is 3. The van der Waals surface area contributed by atoms with Crippen LogP contribution in [0.3, 0.4) is 0 Å². The standard InChI is InChI=1S/C28H42O5/c1-5-7-22(6-2)33-17-25(32)28(18-29)14-10-19(3)23-9-8-20-16-21(30)11-13-27(20,4)26(23)24(31)12-15-28/h11,13,16,18-19,22-24,26,31H,5-10,12,14-15,17H2,1-4H3/t19?,22?,23?,24-,26?,27-,28?/m0/s1. The molecule has 0 bridgehead atoms. The molecule has 5 nitrogen and oxygen atoms in total. The third-order valence-corrected chi connectivity index (χ3v) is 8.88. The van der Waals surface area contributed by atoms with Crippen LogP contribution in [-0.2, 0) is 19.1 Å². The normalized spacial score (nSPS) is 37.6. The first-order valence-corrected chi connectivity index (χ1v) is 12.9. The van der Waals surface area contributed by atoms with Crippen LogP contribution in [-0.4, -0.2) is 41.8 Å². The minimum Gasteiger partial charge on any atom is -0.393 e. The van der Waals surface area contributed by atoms with Crippen LogP contribution in [0, 0.1) is 28.6 Å². The Morgan fingerprint density at radius 1 is 1.27 bits per heavy atom. The number of hydrogen-bond acceptors (Lipinski definition) is 5. The Balaban J connectivity index is 1.83. The van der Waals surface area contributed by atoms with Crippen molar-refractivity contribution in [3.63, 3.8) is 0 Å². The third-order valence-electron chi connectivity index (χ3n) is 8.88. The highest BCUT2D eigenvalue weighted by Gasteiger charge is 2.51. The molecular weight excluding hydrogens is 416 g/mol. The van der Waals surface area contributed by atoms with Crippen LogP contribution in [0.5, 0.6) is 0 Å². The summed E-state index contributed by atoms with van der Waals surface area (Å²) in [6.07, 6.45) is 12.1. The van der Waals surface area contributed by atoms with Crippen LogP contribution in [0.25, 0.3) is 0 Å². The topological polar surface area (TPSA) is 80.7 Å². The van der Waals surface area contributed by atoms with E-state index in [2.05, 4.69) is 27.7 Å². The molecule has 184 valence electrons. The fourth-order valence-corrected chi connectivity index (χ4v) is 6.61. The number of rotatable bonds is 8. The van der Waals surface area contributed by atoms with E-state index < -0.39 is 11.5 Å². The number of fused-ring (bicyclic) bond motifs is 3. The van der Waals surface area contributed by atoms with Crippen molar-refractivity contribution in [2.24, 2.45) is 28.6 Å². The molecule has 0 aromatic carbocycles. The molecule has 0 aliphatic heterocycles. The maximum absolute atomic E-state index is 13.3. The molecule has 5 unspecified atom stereocenters. The number of ether oxygens (including phenoxy) is 1. The molecule has 0 amide bonds. The maximum Gasteiger partial charge on any atom is 0.178 e. The lowest BCUT2D eigenvalue weighted by Crippen LogP contribution is -2.47. The van der Waals surface area contributed by atoms with E-state index >= 15 is 0 Å². The molecule has 2 saturated carbocycles. The van der Waals surface area contributed by atoms with E-state index in [1.54, 1.807) is 12.2 Å². The number of Topliss-reactive ketones (excluding diaryl/α,β-unsaturated/α-hetero) is 1. The first-order chi connectivity index (χ1) is 15.7. The Hall–Kier alpha value is -1.59. The SMILES string of the molecule is CCCC(CC)OCC(=O)C1(C=O)CCC(C)C2CCC3=CC(=O)C=C[C@]3(C)C2[C@@H](O)CC1. The highest BCUT2D eigenvalue weighted by Crippen LogP contribution is 2.55. The second kappa shape index (κ2) is 10.8. The van der Waals surface area contributed by atoms with Crippen molar-refractivity contribution in [1.29, 1.82) is 0 Å². The van der Waals surface area contributed by atoms with Crippen molar-refractivity contribution < 1.29 is 24.2 Å². The summed E-state index contributed by atoms with van der Waals surface area (Å²) in [6.45, 7) is 8.44. The molecule has 0 aromatic rings. The van der Waals surface area contributed by atoms with Crippen molar-refractivity contribution >= 4 is 17.9 Å². The third kappa shape index (κ3) is 5.24.